The van der Waals surface area contributed by atoms with Crippen molar-refractivity contribution in [3.63, 3.8) is 0 Å². The molecule has 1 aromatic heterocycles. The molecule has 3 rings (SSSR count). The van der Waals surface area contributed by atoms with E-state index in [1.165, 1.54) is 5.57 Å². The molecule has 0 aliphatic heterocycles. The monoisotopic (exact) mass is 324 g/mol. The Balaban J connectivity index is 0.000000198. The molecule has 0 fully saturated rings. The van der Waals surface area contributed by atoms with Crippen molar-refractivity contribution < 1.29 is 9.53 Å². The van der Waals surface area contributed by atoms with Gasteiger partial charge in [-0.05, 0) is 62.9 Å². The smallest absolute Gasteiger partial charge is 0.159 e. The molecule has 0 spiro atoms. The molecule has 1 atom stereocenters. The van der Waals surface area contributed by atoms with E-state index in [0.29, 0.717) is 5.92 Å². The first-order valence-corrected chi connectivity index (χ1v) is 8.16. The number of carbonyl (C=O) groups is 1. The van der Waals surface area contributed by atoms with Crippen LogP contribution in [0.15, 0.2) is 48.3 Å². The van der Waals surface area contributed by atoms with Gasteiger partial charge in [-0.3, -0.25) is 0 Å². The highest BCUT2D eigenvalue weighted by atomic mass is 16.5. The number of allylic oxidation sites excluding steroid dienone is 2. The Kier molecular flexibility index (Phi) is 6.67. The van der Waals surface area contributed by atoms with Gasteiger partial charge in [-0.15, -0.1) is 0 Å². The average Bonchev–Trinajstić information content (AvgIpc) is 2.64. The first kappa shape index (κ1) is 17.9. The van der Waals surface area contributed by atoms with Crippen LogP contribution in [0.4, 0.5) is 0 Å². The van der Waals surface area contributed by atoms with E-state index in [1.807, 2.05) is 43.6 Å². The summed E-state index contributed by atoms with van der Waals surface area (Å²) >= 11 is 0. The Morgan fingerprint density at radius 2 is 1.79 bits per heavy atom. The second kappa shape index (κ2) is 8.96. The fourth-order valence-corrected chi connectivity index (χ4v) is 2.39. The number of hydrogen-bond donors (Lipinski definition) is 0. The lowest BCUT2D eigenvalue weighted by Crippen LogP contribution is -2.04. The maximum Gasteiger partial charge on any atom is 0.159 e. The number of aldehydes is 1. The second-order valence-electron chi connectivity index (χ2n) is 6.03. The Bertz CT molecular complexity index is 676. The average molecular weight is 324 g/mol. The molecule has 0 saturated heterocycles. The molecule has 0 bridgehead atoms. The topological polar surface area (TPSA) is 52.1 Å². The van der Waals surface area contributed by atoms with Gasteiger partial charge in [-0.2, -0.15) is 0 Å². The predicted molar refractivity (Wildman–Crippen MR) is 95.9 cm³/mol. The van der Waals surface area contributed by atoms with Crippen molar-refractivity contribution in [2.24, 2.45) is 5.92 Å². The van der Waals surface area contributed by atoms with Gasteiger partial charge >= 0.3 is 0 Å². The standard InChI is InChI=1S/C12H12N2O.C8H12O/c1-9-7-13-12(14-8-9)10-3-5-11(15-2)6-4-10;1-7-2-4-8(6-9)5-3-7/h3-8H,1-2H3;2,6,8H,3-5H2,1H3. The first-order valence-electron chi connectivity index (χ1n) is 8.16. The summed E-state index contributed by atoms with van der Waals surface area (Å²) < 4.78 is 5.08. The summed E-state index contributed by atoms with van der Waals surface area (Å²) in [6.07, 6.45) is 10.0. The molecule has 4 heteroatoms. The summed E-state index contributed by atoms with van der Waals surface area (Å²) in [5.74, 6) is 1.89. The van der Waals surface area contributed by atoms with Crippen LogP contribution in [-0.4, -0.2) is 23.4 Å². The number of rotatable bonds is 3. The highest BCUT2D eigenvalue weighted by Crippen LogP contribution is 2.21. The predicted octanol–water partition coefficient (Wildman–Crippen LogP) is 4.39. The molecule has 1 unspecified atom stereocenters. The normalized spacial score (nSPS) is 16.5. The molecule has 4 nitrogen and oxygen atoms in total. The van der Waals surface area contributed by atoms with Crippen molar-refractivity contribution >= 4 is 6.29 Å². The van der Waals surface area contributed by atoms with Gasteiger partial charge in [0.05, 0.1) is 7.11 Å². The summed E-state index contributed by atoms with van der Waals surface area (Å²) in [5.41, 5.74) is 3.50. The molecule has 0 amide bonds. The minimum Gasteiger partial charge on any atom is -0.497 e. The van der Waals surface area contributed by atoms with Gasteiger partial charge in [-0.25, -0.2) is 9.97 Å². The largest absolute Gasteiger partial charge is 0.497 e. The lowest BCUT2D eigenvalue weighted by molar-refractivity contribution is -0.111. The summed E-state index contributed by atoms with van der Waals surface area (Å²) in [4.78, 5) is 18.7. The van der Waals surface area contributed by atoms with E-state index in [-0.39, 0.29) is 0 Å². The van der Waals surface area contributed by atoms with Crippen molar-refractivity contribution in [1.82, 2.24) is 9.97 Å². The van der Waals surface area contributed by atoms with Crippen molar-refractivity contribution in [2.45, 2.75) is 33.1 Å². The molecule has 1 heterocycles. The Morgan fingerprint density at radius 1 is 1.12 bits per heavy atom. The lowest BCUT2D eigenvalue weighted by atomic mass is 9.92. The van der Waals surface area contributed by atoms with Crippen molar-refractivity contribution in [2.75, 3.05) is 7.11 Å². The van der Waals surface area contributed by atoms with E-state index in [9.17, 15) is 4.79 Å². The van der Waals surface area contributed by atoms with Gasteiger partial charge in [0.25, 0.3) is 0 Å². The van der Waals surface area contributed by atoms with Crippen LogP contribution in [0.5, 0.6) is 5.75 Å². The third-order valence-corrected chi connectivity index (χ3v) is 4.00. The van der Waals surface area contributed by atoms with Crippen LogP contribution in [0.1, 0.15) is 31.7 Å². The van der Waals surface area contributed by atoms with Gasteiger partial charge in [0.2, 0.25) is 0 Å². The zero-order chi connectivity index (χ0) is 17.4. The zero-order valence-electron chi connectivity index (χ0n) is 14.5. The number of nitrogens with zero attached hydrogens (tertiary/aromatic N) is 2. The SMILES string of the molecule is CC1=CCC(C=O)CC1.COc1ccc(-c2ncc(C)cn2)cc1. The minimum atomic E-state index is 0.314. The summed E-state index contributed by atoms with van der Waals surface area (Å²) in [7, 11) is 1.65. The third kappa shape index (κ3) is 5.30. The summed E-state index contributed by atoms with van der Waals surface area (Å²) in [6, 6.07) is 7.70. The van der Waals surface area contributed by atoms with Crippen molar-refractivity contribution in [1.29, 1.82) is 0 Å². The van der Waals surface area contributed by atoms with E-state index in [2.05, 4.69) is 23.0 Å². The highest BCUT2D eigenvalue weighted by Gasteiger charge is 2.09. The number of ether oxygens (including phenoxy) is 1. The molecule has 126 valence electrons. The maximum absolute atomic E-state index is 10.2. The van der Waals surface area contributed by atoms with Crippen LogP contribution >= 0.6 is 0 Å². The van der Waals surface area contributed by atoms with Gasteiger partial charge in [0, 0.05) is 23.9 Å². The van der Waals surface area contributed by atoms with Crippen LogP contribution < -0.4 is 4.74 Å². The minimum absolute atomic E-state index is 0.314. The molecule has 1 aliphatic rings. The molecule has 0 radical (unpaired) electrons. The van der Waals surface area contributed by atoms with Crippen LogP contribution in [0.2, 0.25) is 0 Å². The van der Waals surface area contributed by atoms with Crippen LogP contribution in [-0.2, 0) is 4.79 Å². The highest BCUT2D eigenvalue weighted by molar-refractivity contribution is 5.56. The molecule has 1 aliphatic carbocycles. The van der Waals surface area contributed by atoms with Gasteiger partial charge in [-0.1, -0.05) is 11.6 Å². The maximum atomic E-state index is 10.2. The number of carbonyl (C=O) groups excluding carboxylic acids is 1. The van der Waals surface area contributed by atoms with Gasteiger partial charge < -0.3 is 9.53 Å². The van der Waals surface area contributed by atoms with Gasteiger partial charge in [0.1, 0.15) is 12.0 Å². The van der Waals surface area contributed by atoms with E-state index in [1.54, 1.807) is 7.11 Å². The number of hydrogen-bond acceptors (Lipinski definition) is 4. The Labute approximate surface area is 143 Å². The molecular formula is C20H24N2O2. The van der Waals surface area contributed by atoms with E-state index in [0.717, 1.165) is 48.2 Å². The van der Waals surface area contributed by atoms with E-state index in [4.69, 9.17) is 4.74 Å². The molecule has 0 N–H and O–H groups in total. The fourth-order valence-electron chi connectivity index (χ4n) is 2.39. The summed E-state index contributed by atoms with van der Waals surface area (Å²) in [6.45, 7) is 4.10. The van der Waals surface area contributed by atoms with Gasteiger partial charge in [0.15, 0.2) is 5.82 Å². The van der Waals surface area contributed by atoms with E-state index < -0.39 is 0 Å². The van der Waals surface area contributed by atoms with Crippen LogP contribution in [0.3, 0.4) is 0 Å². The van der Waals surface area contributed by atoms with Crippen molar-refractivity contribution in [3.8, 4) is 17.1 Å². The Morgan fingerprint density at radius 3 is 2.29 bits per heavy atom. The molecule has 1 aromatic carbocycles. The van der Waals surface area contributed by atoms with Crippen LogP contribution in [0.25, 0.3) is 11.4 Å². The lowest BCUT2D eigenvalue weighted by Gasteiger charge is -2.13. The first-order chi connectivity index (χ1) is 11.6. The van der Waals surface area contributed by atoms with Crippen molar-refractivity contribution in [3.05, 3.63) is 53.9 Å². The van der Waals surface area contributed by atoms with E-state index >= 15 is 0 Å². The number of benzene rings is 1. The fraction of sp³-hybridized carbons (Fsp3) is 0.350. The Hall–Kier alpha value is -2.49. The number of aromatic nitrogens is 2. The third-order valence-electron chi connectivity index (χ3n) is 4.00. The van der Waals surface area contributed by atoms with Crippen LogP contribution in [0, 0.1) is 12.8 Å². The zero-order valence-corrected chi connectivity index (χ0v) is 14.5. The number of methoxy groups -OCH3 is 1. The quantitative estimate of drug-likeness (QED) is 0.620. The number of aryl methyl sites for hydroxylation is 1. The molecule has 0 saturated carbocycles. The second-order valence-corrected chi connectivity index (χ2v) is 6.03. The molecule has 2 aromatic rings. The molecule has 24 heavy (non-hydrogen) atoms. The molecular weight excluding hydrogens is 300 g/mol. The summed E-state index contributed by atoms with van der Waals surface area (Å²) in [5, 5.41) is 0.